The topological polar surface area (TPSA) is 30.7 Å². The maximum Gasteiger partial charge on any atom is 0.392 e. The highest BCUT2D eigenvalue weighted by Gasteiger charge is 2.47. The van der Waals surface area contributed by atoms with Gasteiger partial charge in [0.2, 0.25) is 0 Å². The van der Waals surface area contributed by atoms with E-state index < -0.39 is 18.0 Å². The molecule has 0 saturated heterocycles. The van der Waals surface area contributed by atoms with Crippen molar-refractivity contribution in [1.82, 2.24) is 14.8 Å². The first-order chi connectivity index (χ1) is 8.04. The highest BCUT2D eigenvalue weighted by atomic mass is 19.4. The average Bonchev–Trinajstić information content (AvgIpc) is 2.75. The molecule has 1 fully saturated rings. The van der Waals surface area contributed by atoms with Gasteiger partial charge in [-0.1, -0.05) is 12.8 Å². The van der Waals surface area contributed by atoms with E-state index >= 15 is 0 Å². The molecule has 2 atom stereocenters. The van der Waals surface area contributed by atoms with Gasteiger partial charge in [-0.2, -0.15) is 13.2 Å². The summed E-state index contributed by atoms with van der Waals surface area (Å²) < 4.78 is 40.6. The number of hydrogen-bond donors (Lipinski definition) is 0. The number of nitrogens with zero attached hydrogens (tertiary/aromatic N) is 3. The number of aryl methyl sites for hydroxylation is 1. The van der Waals surface area contributed by atoms with Gasteiger partial charge in [-0.3, -0.25) is 0 Å². The van der Waals surface area contributed by atoms with Crippen LogP contribution >= 0.6 is 0 Å². The van der Waals surface area contributed by atoms with Crippen LogP contribution in [0.5, 0.6) is 0 Å². The Bertz CT molecular complexity index is 372. The van der Waals surface area contributed by atoms with Crippen LogP contribution in [0.4, 0.5) is 13.2 Å². The molecule has 0 bridgehead atoms. The first-order valence-electron chi connectivity index (χ1n) is 5.98. The SMILES string of the molecule is CCn1cnnc1C1CCCCC1C(F)(F)F. The van der Waals surface area contributed by atoms with Gasteiger partial charge >= 0.3 is 6.18 Å². The average molecular weight is 247 g/mol. The van der Waals surface area contributed by atoms with Crippen molar-refractivity contribution in [3.63, 3.8) is 0 Å². The minimum Gasteiger partial charge on any atom is -0.318 e. The van der Waals surface area contributed by atoms with Gasteiger partial charge in [0.25, 0.3) is 0 Å². The van der Waals surface area contributed by atoms with Crippen LogP contribution in [0.25, 0.3) is 0 Å². The summed E-state index contributed by atoms with van der Waals surface area (Å²) in [5.41, 5.74) is 0. The van der Waals surface area contributed by atoms with E-state index in [0.29, 0.717) is 25.2 Å². The lowest BCUT2D eigenvalue weighted by Crippen LogP contribution is -2.33. The largest absolute Gasteiger partial charge is 0.392 e. The second-order valence-electron chi connectivity index (χ2n) is 4.51. The second kappa shape index (κ2) is 4.66. The molecule has 96 valence electrons. The van der Waals surface area contributed by atoms with Gasteiger partial charge in [0.05, 0.1) is 5.92 Å². The highest BCUT2D eigenvalue weighted by Crippen LogP contribution is 2.45. The van der Waals surface area contributed by atoms with E-state index in [9.17, 15) is 13.2 Å². The van der Waals surface area contributed by atoms with Crippen molar-refractivity contribution in [2.75, 3.05) is 0 Å². The summed E-state index contributed by atoms with van der Waals surface area (Å²) in [4.78, 5) is 0. The zero-order chi connectivity index (χ0) is 12.5. The van der Waals surface area contributed by atoms with Gasteiger partial charge in [0.1, 0.15) is 12.2 Å². The molecule has 2 unspecified atom stereocenters. The summed E-state index contributed by atoms with van der Waals surface area (Å²) in [5, 5.41) is 7.62. The highest BCUT2D eigenvalue weighted by molar-refractivity contribution is 5.02. The van der Waals surface area contributed by atoms with Crippen molar-refractivity contribution in [1.29, 1.82) is 0 Å². The second-order valence-corrected chi connectivity index (χ2v) is 4.51. The smallest absolute Gasteiger partial charge is 0.318 e. The number of aromatic nitrogens is 3. The Hall–Kier alpha value is -1.07. The van der Waals surface area contributed by atoms with Gasteiger partial charge in [-0.15, -0.1) is 10.2 Å². The predicted molar refractivity (Wildman–Crippen MR) is 56.5 cm³/mol. The number of halogens is 3. The van der Waals surface area contributed by atoms with E-state index in [1.54, 1.807) is 4.57 Å². The van der Waals surface area contributed by atoms with Crippen molar-refractivity contribution in [3.05, 3.63) is 12.2 Å². The molecule has 1 aliphatic carbocycles. The van der Waals surface area contributed by atoms with Crippen LogP contribution in [0.2, 0.25) is 0 Å². The van der Waals surface area contributed by atoms with E-state index in [0.717, 1.165) is 6.42 Å². The third kappa shape index (κ3) is 2.45. The lowest BCUT2D eigenvalue weighted by atomic mass is 9.78. The molecule has 0 aliphatic heterocycles. The van der Waals surface area contributed by atoms with Crippen molar-refractivity contribution in [2.24, 2.45) is 5.92 Å². The van der Waals surface area contributed by atoms with Gasteiger partial charge in [0, 0.05) is 12.5 Å². The molecular formula is C11H16F3N3. The van der Waals surface area contributed by atoms with Crippen molar-refractivity contribution < 1.29 is 13.2 Å². The molecule has 0 radical (unpaired) electrons. The van der Waals surface area contributed by atoms with Crippen LogP contribution in [0, 0.1) is 5.92 Å². The van der Waals surface area contributed by atoms with E-state index in [-0.39, 0.29) is 6.42 Å². The van der Waals surface area contributed by atoms with E-state index in [1.807, 2.05) is 6.92 Å². The van der Waals surface area contributed by atoms with E-state index in [4.69, 9.17) is 0 Å². The van der Waals surface area contributed by atoms with Gasteiger partial charge in [0.15, 0.2) is 0 Å². The quantitative estimate of drug-likeness (QED) is 0.803. The van der Waals surface area contributed by atoms with Crippen molar-refractivity contribution in [2.45, 2.75) is 51.2 Å². The summed E-state index contributed by atoms with van der Waals surface area (Å²) >= 11 is 0. The zero-order valence-electron chi connectivity index (χ0n) is 9.74. The lowest BCUT2D eigenvalue weighted by molar-refractivity contribution is -0.188. The molecular weight excluding hydrogens is 231 g/mol. The first-order valence-corrected chi connectivity index (χ1v) is 5.98. The Kier molecular flexibility index (Phi) is 3.40. The fourth-order valence-electron chi connectivity index (χ4n) is 2.63. The molecule has 3 nitrogen and oxygen atoms in total. The molecule has 1 saturated carbocycles. The fraction of sp³-hybridized carbons (Fsp3) is 0.818. The fourth-order valence-corrected chi connectivity index (χ4v) is 2.63. The summed E-state index contributed by atoms with van der Waals surface area (Å²) in [6.07, 6.45) is -0.352. The Morgan fingerprint density at radius 1 is 1.35 bits per heavy atom. The van der Waals surface area contributed by atoms with E-state index in [1.165, 1.54) is 6.33 Å². The molecule has 17 heavy (non-hydrogen) atoms. The molecule has 0 spiro atoms. The monoisotopic (exact) mass is 247 g/mol. The third-order valence-electron chi connectivity index (χ3n) is 3.50. The number of rotatable bonds is 2. The Morgan fingerprint density at radius 2 is 2.06 bits per heavy atom. The number of hydrogen-bond acceptors (Lipinski definition) is 2. The van der Waals surface area contributed by atoms with Crippen LogP contribution in [0.3, 0.4) is 0 Å². The third-order valence-corrected chi connectivity index (χ3v) is 3.50. The summed E-state index contributed by atoms with van der Waals surface area (Å²) in [6, 6.07) is 0. The molecule has 0 N–H and O–H groups in total. The molecule has 0 aromatic carbocycles. The first kappa shape index (κ1) is 12.4. The van der Waals surface area contributed by atoms with Crippen LogP contribution in [0.15, 0.2) is 6.33 Å². The minimum absolute atomic E-state index is 0.213. The number of alkyl halides is 3. The maximum absolute atomic E-state index is 13.0. The molecule has 1 aromatic heterocycles. The summed E-state index contributed by atoms with van der Waals surface area (Å²) in [5.74, 6) is -1.29. The van der Waals surface area contributed by atoms with Crippen LogP contribution in [-0.2, 0) is 6.54 Å². The molecule has 2 rings (SSSR count). The van der Waals surface area contributed by atoms with E-state index in [2.05, 4.69) is 10.2 Å². The maximum atomic E-state index is 13.0. The van der Waals surface area contributed by atoms with Gasteiger partial charge in [-0.25, -0.2) is 0 Å². The molecule has 0 amide bonds. The minimum atomic E-state index is -4.13. The standard InChI is InChI=1S/C11H16F3N3/c1-2-17-7-15-16-10(17)8-5-3-4-6-9(8)11(12,13)14/h7-9H,2-6H2,1H3. The van der Waals surface area contributed by atoms with Crippen LogP contribution < -0.4 is 0 Å². The Balaban J connectivity index is 2.28. The molecule has 6 heteroatoms. The summed E-state index contributed by atoms with van der Waals surface area (Å²) in [7, 11) is 0. The lowest BCUT2D eigenvalue weighted by Gasteiger charge is -2.32. The molecule has 1 aromatic rings. The Morgan fingerprint density at radius 3 is 2.71 bits per heavy atom. The van der Waals surface area contributed by atoms with Gasteiger partial charge in [-0.05, 0) is 19.8 Å². The Labute approximate surface area is 98.0 Å². The van der Waals surface area contributed by atoms with Gasteiger partial charge < -0.3 is 4.57 Å². The molecule has 1 aliphatic rings. The molecule has 1 heterocycles. The van der Waals surface area contributed by atoms with Crippen LogP contribution in [-0.4, -0.2) is 20.9 Å². The van der Waals surface area contributed by atoms with Crippen molar-refractivity contribution in [3.8, 4) is 0 Å². The van der Waals surface area contributed by atoms with Crippen LogP contribution in [0.1, 0.15) is 44.3 Å². The predicted octanol–water partition coefficient (Wildman–Crippen LogP) is 3.13. The summed E-state index contributed by atoms with van der Waals surface area (Å²) in [6.45, 7) is 2.50. The van der Waals surface area contributed by atoms with Crippen molar-refractivity contribution >= 4 is 0 Å². The normalized spacial score (nSPS) is 26.1. The zero-order valence-corrected chi connectivity index (χ0v) is 9.74.